The highest BCUT2D eigenvalue weighted by molar-refractivity contribution is 7.90. The summed E-state index contributed by atoms with van der Waals surface area (Å²) in [5.41, 5.74) is 0. The van der Waals surface area contributed by atoms with Crippen LogP contribution in [-0.4, -0.2) is 29.9 Å². The third-order valence-electron chi connectivity index (χ3n) is 3.24. The lowest BCUT2D eigenvalue weighted by molar-refractivity contribution is 0.570. The van der Waals surface area contributed by atoms with Gasteiger partial charge in [-0.05, 0) is 24.3 Å². The zero-order valence-electron chi connectivity index (χ0n) is 13.4. The molecule has 0 aliphatic rings. The molecule has 14 heteroatoms. The van der Waals surface area contributed by atoms with Crippen LogP contribution in [0.5, 0.6) is 0 Å². The van der Waals surface area contributed by atoms with Crippen molar-refractivity contribution in [1.29, 1.82) is 0 Å². The molecule has 0 saturated heterocycles. The number of hydrogen-bond donors (Lipinski definition) is 2. The van der Waals surface area contributed by atoms with Crippen molar-refractivity contribution in [1.82, 2.24) is 9.44 Å². The van der Waals surface area contributed by atoms with Gasteiger partial charge in [0.25, 0.3) is 0 Å². The lowest BCUT2D eigenvalue weighted by Gasteiger charge is -2.11. The standard InChI is InChI=1S/C14H10Cl6N2O4S2/c15-7-3-11(19)13(5-9(7)17)27(23,24)21-1-2-22-28(25,26)14-6-10(18)8(16)4-12(14)20/h3-6,21-22H,1-2H2. The fourth-order valence-corrected chi connectivity index (χ4v) is 6.01. The predicted molar refractivity (Wildman–Crippen MR) is 113 cm³/mol. The quantitative estimate of drug-likeness (QED) is 0.383. The van der Waals surface area contributed by atoms with E-state index in [1.54, 1.807) is 0 Å². The van der Waals surface area contributed by atoms with Crippen LogP contribution >= 0.6 is 69.6 Å². The summed E-state index contributed by atoms with van der Waals surface area (Å²) in [7, 11) is -8.12. The second kappa shape index (κ2) is 9.43. The van der Waals surface area contributed by atoms with E-state index >= 15 is 0 Å². The van der Waals surface area contributed by atoms with Gasteiger partial charge in [-0.15, -0.1) is 0 Å². The number of rotatable bonds is 7. The van der Waals surface area contributed by atoms with Crippen LogP contribution in [0.4, 0.5) is 0 Å². The van der Waals surface area contributed by atoms with Crippen LogP contribution in [0.2, 0.25) is 30.1 Å². The highest BCUT2D eigenvalue weighted by atomic mass is 35.5. The highest BCUT2D eigenvalue weighted by Gasteiger charge is 2.22. The van der Waals surface area contributed by atoms with Crippen molar-refractivity contribution in [3.8, 4) is 0 Å². The summed E-state index contributed by atoms with van der Waals surface area (Å²) < 4.78 is 53.7. The zero-order valence-corrected chi connectivity index (χ0v) is 19.6. The Morgan fingerprint density at radius 3 is 1.14 bits per heavy atom. The monoisotopic (exact) mass is 544 g/mol. The fourth-order valence-electron chi connectivity index (χ4n) is 1.95. The predicted octanol–water partition coefficient (Wildman–Crippen LogP) is 4.86. The normalized spacial score (nSPS) is 12.4. The van der Waals surface area contributed by atoms with Gasteiger partial charge in [-0.25, -0.2) is 26.3 Å². The molecule has 0 radical (unpaired) electrons. The van der Waals surface area contributed by atoms with Gasteiger partial charge in [-0.3, -0.25) is 0 Å². The molecule has 2 aromatic rings. The van der Waals surface area contributed by atoms with E-state index in [9.17, 15) is 16.8 Å². The van der Waals surface area contributed by atoms with Crippen LogP contribution in [0.3, 0.4) is 0 Å². The Bertz CT molecular complexity index is 1030. The summed E-state index contributed by atoms with van der Waals surface area (Å²) in [6.07, 6.45) is 0. The van der Waals surface area contributed by atoms with Crippen molar-refractivity contribution in [2.24, 2.45) is 0 Å². The molecule has 154 valence electrons. The molecule has 0 heterocycles. The number of benzene rings is 2. The van der Waals surface area contributed by atoms with Crippen LogP contribution in [0.15, 0.2) is 34.1 Å². The Labute approximate surface area is 192 Å². The first kappa shape index (κ1) is 24.3. The first-order chi connectivity index (χ1) is 12.8. The second-order valence-corrected chi connectivity index (χ2v) is 11.1. The molecule has 0 aliphatic carbocycles. The van der Waals surface area contributed by atoms with Gasteiger partial charge in [-0.2, -0.15) is 0 Å². The summed E-state index contributed by atoms with van der Waals surface area (Å²) >= 11 is 34.9. The van der Waals surface area contributed by atoms with E-state index in [2.05, 4.69) is 9.44 Å². The van der Waals surface area contributed by atoms with Crippen LogP contribution in [0, 0.1) is 0 Å². The SMILES string of the molecule is O=S(=O)(NCCNS(=O)(=O)c1cc(Cl)c(Cl)cc1Cl)c1cc(Cl)c(Cl)cc1Cl. The minimum absolute atomic E-state index is 0.00130. The van der Waals surface area contributed by atoms with Gasteiger partial charge in [0.15, 0.2) is 0 Å². The van der Waals surface area contributed by atoms with Crippen LogP contribution in [0.1, 0.15) is 0 Å². The van der Waals surface area contributed by atoms with Crippen molar-refractivity contribution < 1.29 is 16.8 Å². The Kier molecular flexibility index (Phi) is 8.17. The van der Waals surface area contributed by atoms with E-state index < -0.39 is 20.0 Å². The zero-order chi connectivity index (χ0) is 21.3. The van der Waals surface area contributed by atoms with Crippen LogP contribution < -0.4 is 9.44 Å². The molecule has 0 amide bonds. The van der Waals surface area contributed by atoms with Crippen molar-refractivity contribution in [2.45, 2.75) is 9.79 Å². The summed E-state index contributed by atoms with van der Waals surface area (Å²) in [4.78, 5) is -0.585. The molecule has 0 saturated carbocycles. The molecule has 0 spiro atoms. The molecular formula is C14H10Cl6N2O4S2. The van der Waals surface area contributed by atoms with Crippen molar-refractivity contribution in [3.05, 3.63) is 54.4 Å². The molecule has 0 aliphatic heterocycles. The molecule has 0 atom stereocenters. The second-order valence-electron chi connectivity index (χ2n) is 5.19. The van der Waals surface area contributed by atoms with Gasteiger partial charge in [0.2, 0.25) is 20.0 Å². The smallest absolute Gasteiger partial charge is 0.210 e. The average Bonchev–Trinajstić information content (AvgIpc) is 2.58. The fraction of sp³-hybridized carbons (Fsp3) is 0.143. The third-order valence-corrected chi connectivity index (χ3v) is 8.53. The van der Waals surface area contributed by atoms with Crippen LogP contribution in [0.25, 0.3) is 0 Å². The summed E-state index contributed by atoms with van der Waals surface area (Å²) in [5.74, 6) is 0. The number of halogens is 6. The highest BCUT2D eigenvalue weighted by Crippen LogP contribution is 2.32. The maximum Gasteiger partial charge on any atom is 0.242 e. The van der Waals surface area contributed by atoms with E-state index in [0.29, 0.717) is 0 Å². The molecular weight excluding hydrogens is 537 g/mol. The molecule has 0 unspecified atom stereocenters. The van der Waals surface area contributed by atoms with E-state index in [1.807, 2.05) is 0 Å². The number of nitrogens with one attached hydrogen (secondary N) is 2. The van der Waals surface area contributed by atoms with Crippen molar-refractivity contribution >= 4 is 89.7 Å². The molecule has 0 aromatic heterocycles. The summed E-state index contributed by atoms with van der Waals surface area (Å²) in [5, 5.41) is -0.0771. The van der Waals surface area contributed by atoms with Gasteiger partial charge in [-0.1, -0.05) is 69.6 Å². The molecule has 0 fully saturated rings. The largest absolute Gasteiger partial charge is 0.242 e. The van der Waals surface area contributed by atoms with Crippen LogP contribution in [-0.2, 0) is 20.0 Å². The molecule has 2 rings (SSSR count). The summed E-state index contributed by atoms with van der Waals surface area (Å²) in [6.45, 7) is -0.561. The van der Waals surface area contributed by atoms with E-state index in [-0.39, 0.29) is 53.0 Å². The lowest BCUT2D eigenvalue weighted by Crippen LogP contribution is -2.35. The van der Waals surface area contributed by atoms with E-state index in [0.717, 1.165) is 12.1 Å². The molecule has 28 heavy (non-hydrogen) atoms. The Morgan fingerprint density at radius 1 is 0.536 bits per heavy atom. The van der Waals surface area contributed by atoms with Crippen molar-refractivity contribution in [3.63, 3.8) is 0 Å². The lowest BCUT2D eigenvalue weighted by atomic mass is 10.4. The minimum atomic E-state index is -4.06. The topological polar surface area (TPSA) is 92.3 Å². The van der Waals surface area contributed by atoms with Gasteiger partial charge in [0, 0.05) is 13.1 Å². The summed E-state index contributed by atoms with van der Waals surface area (Å²) in [6, 6.07) is 4.56. The number of hydrogen-bond acceptors (Lipinski definition) is 4. The Balaban J connectivity index is 2.08. The first-order valence-corrected chi connectivity index (χ1v) is 12.4. The van der Waals surface area contributed by atoms with Crippen molar-refractivity contribution in [2.75, 3.05) is 13.1 Å². The maximum absolute atomic E-state index is 12.3. The van der Waals surface area contributed by atoms with Gasteiger partial charge >= 0.3 is 0 Å². The minimum Gasteiger partial charge on any atom is -0.210 e. The molecule has 0 bridgehead atoms. The maximum atomic E-state index is 12.3. The molecule has 6 nitrogen and oxygen atoms in total. The number of sulfonamides is 2. The Morgan fingerprint density at radius 2 is 0.821 bits per heavy atom. The van der Waals surface area contributed by atoms with Gasteiger partial charge < -0.3 is 0 Å². The van der Waals surface area contributed by atoms with E-state index in [1.165, 1.54) is 12.1 Å². The van der Waals surface area contributed by atoms with Gasteiger partial charge in [0.05, 0.1) is 30.1 Å². The first-order valence-electron chi connectivity index (χ1n) is 7.13. The van der Waals surface area contributed by atoms with Gasteiger partial charge in [0.1, 0.15) is 9.79 Å². The van der Waals surface area contributed by atoms with E-state index in [4.69, 9.17) is 69.6 Å². The third kappa shape index (κ3) is 5.78. The molecule has 2 N–H and O–H groups in total. The molecule has 2 aromatic carbocycles. The Hall–Kier alpha value is -0.000000000000000222. The average molecular weight is 547 g/mol.